The van der Waals surface area contributed by atoms with Gasteiger partial charge in [-0.25, -0.2) is 15.0 Å². The topological polar surface area (TPSA) is 69.0 Å². The van der Waals surface area contributed by atoms with Crippen LogP contribution in [0.2, 0.25) is 0 Å². The van der Waals surface area contributed by atoms with Gasteiger partial charge in [0.15, 0.2) is 0 Å². The quantitative estimate of drug-likeness (QED) is 0.457. The third kappa shape index (κ3) is 3.66. The fourth-order valence-electron chi connectivity index (χ4n) is 4.72. The molecule has 7 heteroatoms. The van der Waals surface area contributed by atoms with Gasteiger partial charge in [-0.15, -0.1) is 0 Å². The van der Waals surface area contributed by atoms with Crippen molar-refractivity contribution in [3.8, 4) is 11.3 Å². The van der Waals surface area contributed by atoms with Gasteiger partial charge in [0.2, 0.25) is 0 Å². The summed E-state index contributed by atoms with van der Waals surface area (Å²) in [6, 6.07) is 10.6. The summed E-state index contributed by atoms with van der Waals surface area (Å²) in [4.78, 5) is 21.3. The lowest BCUT2D eigenvalue weighted by Gasteiger charge is -2.28. The monoisotopic (exact) mass is 452 g/mol. The van der Waals surface area contributed by atoms with Gasteiger partial charge >= 0.3 is 0 Å². The predicted octanol–water partition coefficient (Wildman–Crippen LogP) is 4.47. The minimum atomic E-state index is -0.0398. The molecule has 7 nitrogen and oxygen atoms in total. The van der Waals surface area contributed by atoms with Crippen molar-refractivity contribution in [1.29, 1.82) is 0 Å². The van der Waals surface area contributed by atoms with Gasteiger partial charge in [-0.3, -0.25) is 4.98 Å². The van der Waals surface area contributed by atoms with Gasteiger partial charge in [-0.2, -0.15) is 0 Å². The van der Waals surface area contributed by atoms with Crippen LogP contribution in [0.5, 0.6) is 0 Å². The Balaban J connectivity index is 1.37. The number of fused-ring (bicyclic) bond motifs is 2. The molecule has 4 aromatic rings. The third-order valence-corrected chi connectivity index (χ3v) is 6.56. The Hall–Kier alpha value is -3.58. The van der Waals surface area contributed by atoms with E-state index in [1.807, 2.05) is 24.8 Å². The number of aromatic nitrogens is 5. The number of pyridine rings is 1. The molecule has 6 rings (SSSR count). The van der Waals surface area contributed by atoms with E-state index < -0.39 is 0 Å². The Morgan fingerprint density at radius 2 is 1.79 bits per heavy atom. The van der Waals surface area contributed by atoms with E-state index in [2.05, 4.69) is 70.5 Å². The fraction of sp³-hybridized carbons (Fsp3) is 0.333. The molecular formula is C27H28N6O. The summed E-state index contributed by atoms with van der Waals surface area (Å²) in [7, 11) is 0. The van der Waals surface area contributed by atoms with E-state index in [0.29, 0.717) is 0 Å². The molecule has 1 fully saturated rings. The molecule has 0 radical (unpaired) electrons. The molecule has 0 unspecified atom stereocenters. The number of nitrogens with zero attached hydrogens (tertiary/aromatic N) is 6. The molecule has 2 aliphatic rings. The Morgan fingerprint density at radius 3 is 2.62 bits per heavy atom. The lowest BCUT2D eigenvalue weighted by atomic mass is 10.0. The molecule has 1 aliphatic heterocycles. The Bertz CT molecular complexity index is 1410. The van der Waals surface area contributed by atoms with E-state index in [9.17, 15) is 0 Å². The van der Waals surface area contributed by atoms with Gasteiger partial charge in [0.25, 0.3) is 0 Å². The van der Waals surface area contributed by atoms with E-state index >= 15 is 0 Å². The number of rotatable bonds is 3. The van der Waals surface area contributed by atoms with Gasteiger partial charge in [0, 0.05) is 42.4 Å². The lowest BCUT2D eigenvalue weighted by Crippen LogP contribution is -2.36. The first-order chi connectivity index (χ1) is 16.5. The number of hydrogen-bond acceptors (Lipinski definition) is 6. The van der Waals surface area contributed by atoms with Gasteiger partial charge in [-0.05, 0) is 50.6 Å². The van der Waals surface area contributed by atoms with Crippen molar-refractivity contribution < 1.29 is 4.74 Å². The third-order valence-electron chi connectivity index (χ3n) is 6.56. The Labute approximate surface area is 199 Å². The molecule has 0 bridgehead atoms. The van der Waals surface area contributed by atoms with E-state index in [1.54, 1.807) is 0 Å². The first-order valence-corrected chi connectivity index (χ1v) is 11.8. The van der Waals surface area contributed by atoms with Crippen molar-refractivity contribution in [3.05, 3.63) is 72.1 Å². The first-order valence-electron chi connectivity index (χ1n) is 11.8. The average molecular weight is 453 g/mol. The van der Waals surface area contributed by atoms with Crippen molar-refractivity contribution in [3.63, 3.8) is 0 Å². The van der Waals surface area contributed by atoms with Crippen molar-refractivity contribution in [1.82, 2.24) is 24.5 Å². The van der Waals surface area contributed by atoms with Crippen LogP contribution in [0.1, 0.15) is 37.7 Å². The highest BCUT2D eigenvalue weighted by atomic mass is 16.5. The normalized spacial score (nSPS) is 16.1. The molecule has 0 atom stereocenters. The number of benzene rings is 1. The van der Waals surface area contributed by atoms with Gasteiger partial charge < -0.3 is 14.2 Å². The largest absolute Gasteiger partial charge is 0.378 e. The van der Waals surface area contributed by atoms with Crippen LogP contribution in [0, 0.1) is 0 Å². The smallest absolute Gasteiger partial charge is 0.129 e. The lowest BCUT2D eigenvalue weighted by molar-refractivity contribution is 0.122. The molecule has 1 aliphatic carbocycles. The standard InChI is InChI=1S/C27H28N6O/c1-27(2,3)33-17-30-21-6-4-18(14-24(21)33)20-5-7-22-26(20)31-23(16-29-22)19-8-9-28-25(15-19)32-10-12-34-13-11-32/h4-6,8-9,14-17H,7,10-13H2,1-3H3. The zero-order chi connectivity index (χ0) is 23.3. The van der Waals surface area contributed by atoms with Crippen LogP contribution in [0.4, 0.5) is 5.82 Å². The maximum atomic E-state index is 5.48. The minimum absolute atomic E-state index is 0.0398. The van der Waals surface area contributed by atoms with Gasteiger partial charge in [0.05, 0.1) is 53.9 Å². The summed E-state index contributed by atoms with van der Waals surface area (Å²) in [6.45, 7) is 9.77. The van der Waals surface area contributed by atoms with E-state index in [1.165, 1.54) is 0 Å². The van der Waals surface area contributed by atoms with Crippen molar-refractivity contribution >= 4 is 22.4 Å². The fourth-order valence-corrected chi connectivity index (χ4v) is 4.72. The molecule has 0 saturated carbocycles. The number of hydrogen-bond donors (Lipinski definition) is 0. The number of morpholine rings is 1. The molecule has 1 saturated heterocycles. The van der Waals surface area contributed by atoms with Crippen LogP contribution in [0.25, 0.3) is 27.9 Å². The molecule has 1 aromatic carbocycles. The second kappa shape index (κ2) is 8.02. The molecule has 34 heavy (non-hydrogen) atoms. The zero-order valence-corrected chi connectivity index (χ0v) is 19.8. The van der Waals surface area contributed by atoms with Crippen molar-refractivity contribution in [2.24, 2.45) is 0 Å². The SMILES string of the molecule is CC(C)(C)n1cnc2ccc(C3=CCc4ncc(-c5ccnc(N6CCOCC6)c5)nc43)cc21. The van der Waals surface area contributed by atoms with Gasteiger partial charge in [0.1, 0.15) is 5.82 Å². The maximum absolute atomic E-state index is 5.48. The number of ether oxygens (including phenoxy) is 1. The van der Waals surface area contributed by atoms with Crippen LogP contribution in [-0.2, 0) is 16.7 Å². The Kier molecular flexibility index (Phi) is 4.95. The van der Waals surface area contributed by atoms with Crippen LogP contribution < -0.4 is 4.90 Å². The molecule has 4 heterocycles. The van der Waals surface area contributed by atoms with Crippen molar-refractivity contribution in [2.45, 2.75) is 32.7 Å². The summed E-state index contributed by atoms with van der Waals surface area (Å²) in [5, 5.41) is 0. The summed E-state index contributed by atoms with van der Waals surface area (Å²) in [6.07, 6.45) is 8.70. The highest BCUT2D eigenvalue weighted by molar-refractivity contribution is 5.88. The molecule has 0 spiro atoms. The number of anilines is 1. The molecule has 3 aromatic heterocycles. The first kappa shape index (κ1) is 21.0. The minimum Gasteiger partial charge on any atom is -0.378 e. The summed E-state index contributed by atoms with van der Waals surface area (Å²) >= 11 is 0. The van der Waals surface area contributed by atoms with Crippen LogP contribution in [-0.4, -0.2) is 50.8 Å². The highest BCUT2D eigenvalue weighted by Crippen LogP contribution is 2.34. The van der Waals surface area contributed by atoms with Crippen LogP contribution in [0.15, 0.2) is 55.1 Å². The summed E-state index contributed by atoms with van der Waals surface area (Å²) in [5.41, 5.74) is 8.25. The summed E-state index contributed by atoms with van der Waals surface area (Å²) in [5.74, 6) is 0.958. The van der Waals surface area contributed by atoms with Gasteiger partial charge in [-0.1, -0.05) is 12.1 Å². The second-order valence-corrected chi connectivity index (χ2v) is 9.86. The number of imidazole rings is 1. The van der Waals surface area contributed by atoms with E-state index in [4.69, 9.17) is 14.7 Å². The number of allylic oxidation sites excluding steroid dienone is 1. The molecule has 0 amide bonds. The average Bonchev–Trinajstić information content (AvgIpc) is 3.48. The van der Waals surface area contributed by atoms with Crippen LogP contribution in [0.3, 0.4) is 0 Å². The zero-order valence-electron chi connectivity index (χ0n) is 19.8. The summed E-state index contributed by atoms with van der Waals surface area (Å²) < 4.78 is 7.71. The molecular weight excluding hydrogens is 424 g/mol. The second-order valence-electron chi connectivity index (χ2n) is 9.86. The highest BCUT2D eigenvalue weighted by Gasteiger charge is 2.22. The molecule has 0 N–H and O–H groups in total. The van der Waals surface area contributed by atoms with E-state index in [-0.39, 0.29) is 5.54 Å². The maximum Gasteiger partial charge on any atom is 0.129 e. The van der Waals surface area contributed by atoms with Crippen LogP contribution >= 0.6 is 0 Å². The van der Waals surface area contributed by atoms with E-state index in [0.717, 1.165) is 83.4 Å². The predicted molar refractivity (Wildman–Crippen MR) is 134 cm³/mol. The Morgan fingerprint density at radius 1 is 0.941 bits per heavy atom. The molecule has 172 valence electrons. The van der Waals surface area contributed by atoms with Crippen molar-refractivity contribution in [2.75, 3.05) is 31.2 Å².